The molecule has 2 N–H and O–H groups in total. The Morgan fingerprint density at radius 2 is 2.05 bits per heavy atom. The van der Waals surface area contributed by atoms with Crippen molar-refractivity contribution in [1.82, 2.24) is 0 Å². The van der Waals surface area contributed by atoms with Gasteiger partial charge in [0.15, 0.2) is 0 Å². The number of phenols is 1. The molecular formula is C14H12INO3. The van der Waals surface area contributed by atoms with E-state index in [0.717, 1.165) is 3.57 Å². The molecule has 0 spiro atoms. The number of carbonyl (C=O) groups excluding carboxylic acids is 1. The van der Waals surface area contributed by atoms with E-state index >= 15 is 0 Å². The van der Waals surface area contributed by atoms with Gasteiger partial charge >= 0.3 is 0 Å². The summed E-state index contributed by atoms with van der Waals surface area (Å²) in [5.74, 6) is 0.259. The number of benzene rings is 2. The zero-order chi connectivity index (χ0) is 13.8. The van der Waals surface area contributed by atoms with E-state index in [-0.39, 0.29) is 17.2 Å². The number of amides is 1. The summed E-state index contributed by atoms with van der Waals surface area (Å²) in [6.07, 6.45) is 0. The SMILES string of the molecule is COc1cccc(NC(=O)c2cc(I)ccc2O)c1. The van der Waals surface area contributed by atoms with Crippen molar-refractivity contribution in [3.63, 3.8) is 0 Å². The minimum Gasteiger partial charge on any atom is -0.507 e. The van der Waals surface area contributed by atoms with E-state index < -0.39 is 0 Å². The maximum Gasteiger partial charge on any atom is 0.259 e. The van der Waals surface area contributed by atoms with Gasteiger partial charge in [-0.3, -0.25) is 4.79 Å². The molecule has 1 amide bonds. The van der Waals surface area contributed by atoms with Gasteiger partial charge in [-0.25, -0.2) is 0 Å². The molecule has 0 atom stereocenters. The molecule has 4 nitrogen and oxygen atoms in total. The van der Waals surface area contributed by atoms with Crippen LogP contribution in [0.3, 0.4) is 0 Å². The van der Waals surface area contributed by atoms with Crippen LogP contribution in [0.25, 0.3) is 0 Å². The van der Waals surface area contributed by atoms with Crippen LogP contribution >= 0.6 is 22.6 Å². The number of anilines is 1. The topological polar surface area (TPSA) is 58.6 Å². The lowest BCUT2D eigenvalue weighted by Crippen LogP contribution is -2.12. The summed E-state index contributed by atoms with van der Waals surface area (Å²) in [6, 6.07) is 11.9. The fourth-order valence-electron chi connectivity index (χ4n) is 1.59. The minimum absolute atomic E-state index is 0.0409. The first kappa shape index (κ1) is 13.7. The van der Waals surface area contributed by atoms with E-state index in [1.165, 1.54) is 6.07 Å². The Morgan fingerprint density at radius 3 is 2.79 bits per heavy atom. The monoisotopic (exact) mass is 369 g/mol. The van der Waals surface area contributed by atoms with Crippen molar-refractivity contribution in [2.24, 2.45) is 0 Å². The summed E-state index contributed by atoms with van der Waals surface area (Å²) in [7, 11) is 1.56. The van der Waals surface area contributed by atoms with Crippen LogP contribution in [0.1, 0.15) is 10.4 Å². The highest BCUT2D eigenvalue weighted by Gasteiger charge is 2.12. The normalized spacial score (nSPS) is 10.0. The molecule has 0 radical (unpaired) electrons. The molecule has 0 aliphatic carbocycles. The minimum atomic E-state index is -0.357. The third kappa shape index (κ3) is 3.37. The second-order valence-corrected chi connectivity index (χ2v) is 5.09. The van der Waals surface area contributed by atoms with Crippen LogP contribution in [-0.2, 0) is 0 Å². The van der Waals surface area contributed by atoms with E-state index in [1.54, 1.807) is 43.5 Å². The number of hydrogen-bond acceptors (Lipinski definition) is 3. The summed E-state index contributed by atoms with van der Waals surface area (Å²) in [6.45, 7) is 0. The first-order valence-corrected chi connectivity index (χ1v) is 6.62. The van der Waals surface area contributed by atoms with Crippen LogP contribution in [0.15, 0.2) is 42.5 Å². The predicted molar refractivity (Wildman–Crippen MR) is 81.8 cm³/mol. The number of carbonyl (C=O) groups is 1. The molecule has 0 unspecified atom stereocenters. The van der Waals surface area contributed by atoms with Crippen LogP contribution < -0.4 is 10.1 Å². The molecule has 19 heavy (non-hydrogen) atoms. The van der Waals surface area contributed by atoms with Gasteiger partial charge in [-0.2, -0.15) is 0 Å². The van der Waals surface area contributed by atoms with Gasteiger partial charge in [-0.1, -0.05) is 6.07 Å². The van der Waals surface area contributed by atoms with Gasteiger partial charge in [-0.15, -0.1) is 0 Å². The van der Waals surface area contributed by atoms with Crippen LogP contribution in [0, 0.1) is 3.57 Å². The second-order valence-electron chi connectivity index (χ2n) is 3.85. The van der Waals surface area contributed by atoms with Gasteiger partial charge < -0.3 is 15.2 Å². The number of ether oxygens (including phenoxy) is 1. The summed E-state index contributed by atoms with van der Waals surface area (Å²) < 4.78 is 5.96. The van der Waals surface area contributed by atoms with Crippen LogP contribution in [0.4, 0.5) is 5.69 Å². The first-order chi connectivity index (χ1) is 9.10. The molecule has 5 heteroatoms. The van der Waals surface area contributed by atoms with Crippen molar-refractivity contribution in [1.29, 1.82) is 0 Å². The van der Waals surface area contributed by atoms with Crippen molar-refractivity contribution < 1.29 is 14.6 Å². The molecule has 0 saturated heterocycles. The maximum atomic E-state index is 12.1. The molecular weight excluding hydrogens is 357 g/mol. The number of halogens is 1. The highest BCUT2D eigenvalue weighted by atomic mass is 127. The molecule has 0 bridgehead atoms. The van der Waals surface area contributed by atoms with Gasteiger partial charge in [0.1, 0.15) is 11.5 Å². The van der Waals surface area contributed by atoms with E-state index in [4.69, 9.17) is 4.74 Å². The Kier molecular flexibility index (Phi) is 4.26. The van der Waals surface area contributed by atoms with Crippen molar-refractivity contribution in [2.45, 2.75) is 0 Å². The lowest BCUT2D eigenvalue weighted by molar-refractivity contribution is 0.102. The van der Waals surface area contributed by atoms with E-state index in [0.29, 0.717) is 11.4 Å². The lowest BCUT2D eigenvalue weighted by atomic mass is 10.2. The maximum absolute atomic E-state index is 12.1. The van der Waals surface area contributed by atoms with Crippen LogP contribution in [0.2, 0.25) is 0 Å². The molecule has 0 aromatic heterocycles. The fourth-order valence-corrected chi connectivity index (χ4v) is 2.08. The highest BCUT2D eigenvalue weighted by molar-refractivity contribution is 14.1. The molecule has 0 fully saturated rings. The van der Waals surface area contributed by atoms with Gasteiger partial charge in [0.25, 0.3) is 5.91 Å². The Hall–Kier alpha value is -1.76. The van der Waals surface area contributed by atoms with E-state index in [2.05, 4.69) is 27.9 Å². The van der Waals surface area contributed by atoms with Crippen molar-refractivity contribution in [3.05, 3.63) is 51.6 Å². The predicted octanol–water partition coefficient (Wildman–Crippen LogP) is 3.26. The fraction of sp³-hybridized carbons (Fsp3) is 0.0714. The standard InChI is InChI=1S/C14H12INO3/c1-19-11-4-2-3-10(8-11)16-14(18)12-7-9(15)5-6-13(12)17/h2-8,17H,1H3,(H,16,18). The smallest absolute Gasteiger partial charge is 0.259 e. The molecule has 2 aromatic carbocycles. The largest absolute Gasteiger partial charge is 0.507 e. The first-order valence-electron chi connectivity index (χ1n) is 5.54. The van der Waals surface area contributed by atoms with Crippen LogP contribution in [0.5, 0.6) is 11.5 Å². The lowest BCUT2D eigenvalue weighted by Gasteiger charge is -2.08. The van der Waals surface area contributed by atoms with Gasteiger partial charge in [0, 0.05) is 15.3 Å². The van der Waals surface area contributed by atoms with E-state index in [9.17, 15) is 9.90 Å². The number of phenolic OH excluding ortho intramolecular Hbond substituents is 1. The number of aromatic hydroxyl groups is 1. The third-order valence-corrected chi connectivity index (χ3v) is 3.20. The van der Waals surface area contributed by atoms with Crippen molar-refractivity contribution >= 4 is 34.2 Å². The number of nitrogens with one attached hydrogen (secondary N) is 1. The molecule has 0 aliphatic rings. The molecule has 98 valence electrons. The average Bonchev–Trinajstić information content (AvgIpc) is 2.41. The summed E-state index contributed by atoms with van der Waals surface area (Å²) in [4.78, 5) is 12.1. The Labute approximate surface area is 124 Å². The van der Waals surface area contributed by atoms with Crippen molar-refractivity contribution in [3.8, 4) is 11.5 Å². The Bertz CT molecular complexity index is 613. The molecule has 0 heterocycles. The Balaban J connectivity index is 2.23. The van der Waals surface area contributed by atoms with Gasteiger partial charge in [-0.05, 0) is 52.9 Å². The van der Waals surface area contributed by atoms with Gasteiger partial charge in [0.2, 0.25) is 0 Å². The van der Waals surface area contributed by atoms with E-state index in [1.807, 2.05) is 0 Å². The average molecular weight is 369 g/mol. The van der Waals surface area contributed by atoms with Crippen LogP contribution in [-0.4, -0.2) is 18.1 Å². The highest BCUT2D eigenvalue weighted by Crippen LogP contribution is 2.22. The number of hydrogen-bond donors (Lipinski definition) is 2. The second kappa shape index (κ2) is 5.92. The molecule has 0 aliphatic heterocycles. The van der Waals surface area contributed by atoms with Crippen molar-refractivity contribution in [2.75, 3.05) is 12.4 Å². The summed E-state index contributed by atoms with van der Waals surface area (Å²) in [5, 5.41) is 12.4. The molecule has 2 aromatic rings. The molecule has 2 rings (SSSR count). The number of methoxy groups -OCH3 is 1. The zero-order valence-electron chi connectivity index (χ0n) is 10.2. The number of rotatable bonds is 3. The summed E-state index contributed by atoms with van der Waals surface area (Å²) in [5.41, 5.74) is 0.859. The van der Waals surface area contributed by atoms with Gasteiger partial charge in [0.05, 0.1) is 12.7 Å². The molecule has 0 saturated carbocycles. The summed E-state index contributed by atoms with van der Waals surface area (Å²) >= 11 is 2.09. The third-order valence-electron chi connectivity index (χ3n) is 2.53. The zero-order valence-corrected chi connectivity index (χ0v) is 12.3. The Morgan fingerprint density at radius 1 is 1.26 bits per heavy atom. The quantitative estimate of drug-likeness (QED) is 0.817.